The Kier molecular flexibility index (Phi) is 2.77. The summed E-state index contributed by atoms with van der Waals surface area (Å²) in [6, 6.07) is 0. The van der Waals surface area contributed by atoms with Gasteiger partial charge in [0.2, 0.25) is 0 Å². The number of β-amino-alcohol motifs (C(OH)–C–C–N with tert-alkyl or cyclic N) is 1. The number of hydrogen-bond donors (Lipinski definition) is 2. The van der Waals surface area contributed by atoms with Gasteiger partial charge in [0.25, 0.3) is 5.91 Å². The van der Waals surface area contributed by atoms with Gasteiger partial charge in [-0.25, -0.2) is 4.98 Å². The van der Waals surface area contributed by atoms with Crippen LogP contribution in [0.2, 0.25) is 0 Å². The van der Waals surface area contributed by atoms with Gasteiger partial charge >= 0.3 is 0 Å². The van der Waals surface area contributed by atoms with E-state index in [1.807, 2.05) is 18.7 Å². The molecule has 2 rings (SSSR count). The Morgan fingerprint density at radius 3 is 2.56 bits per heavy atom. The van der Waals surface area contributed by atoms with Crippen molar-refractivity contribution < 1.29 is 9.90 Å². The first-order valence-electron chi connectivity index (χ1n) is 5.82. The van der Waals surface area contributed by atoms with E-state index in [4.69, 9.17) is 5.73 Å². The van der Waals surface area contributed by atoms with Crippen LogP contribution in [-0.2, 0) is 0 Å². The van der Waals surface area contributed by atoms with Gasteiger partial charge in [0.05, 0.1) is 18.0 Å². The maximum Gasteiger partial charge on any atom is 0.268 e. The molecular weight excluding hydrogens is 232 g/mol. The van der Waals surface area contributed by atoms with Crippen molar-refractivity contribution in [2.75, 3.05) is 18.0 Å². The van der Waals surface area contributed by atoms with Crippen molar-refractivity contribution in [2.45, 2.75) is 26.4 Å². The second kappa shape index (κ2) is 3.91. The van der Waals surface area contributed by atoms with Crippen LogP contribution in [0.15, 0.2) is 12.4 Å². The van der Waals surface area contributed by atoms with Crippen molar-refractivity contribution in [1.29, 1.82) is 0 Å². The van der Waals surface area contributed by atoms with Crippen molar-refractivity contribution in [3.8, 4) is 0 Å². The maximum atomic E-state index is 11.1. The van der Waals surface area contributed by atoms with Crippen molar-refractivity contribution in [2.24, 2.45) is 11.1 Å². The molecule has 0 aromatic carbocycles. The Morgan fingerprint density at radius 2 is 2.06 bits per heavy atom. The zero-order valence-electron chi connectivity index (χ0n) is 10.8. The van der Waals surface area contributed by atoms with Gasteiger partial charge in [-0.05, 0) is 6.92 Å². The fourth-order valence-corrected chi connectivity index (χ4v) is 2.08. The summed E-state index contributed by atoms with van der Waals surface area (Å²) in [6.45, 7) is 6.91. The molecule has 6 nitrogen and oxygen atoms in total. The van der Waals surface area contributed by atoms with Crippen LogP contribution in [0.25, 0.3) is 0 Å². The smallest absolute Gasteiger partial charge is 0.268 e. The number of carbonyl (C=O) groups is 1. The molecule has 1 aromatic rings. The third kappa shape index (κ3) is 2.03. The Bertz CT molecular complexity index is 469. The lowest BCUT2D eigenvalue weighted by Gasteiger charge is -2.30. The molecule has 0 radical (unpaired) electrons. The van der Waals surface area contributed by atoms with Crippen LogP contribution >= 0.6 is 0 Å². The van der Waals surface area contributed by atoms with Gasteiger partial charge in [-0.3, -0.25) is 9.78 Å². The van der Waals surface area contributed by atoms with E-state index in [1.54, 1.807) is 13.1 Å². The van der Waals surface area contributed by atoms with Gasteiger partial charge in [-0.2, -0.15) is 0 Å². The fraction of sp³-hybridized carbons (Fsp3) is 0.583. The average molecular weight is 250 g/mol. The lowest BCUT2D eigenvalue weighted by molar-refractivity contribution is -0.00891. The number of aliphatic hydroxyl groups is 1. The first kappa shape index (κ1) is 12.8. The van der Waals surface area contributed by atoms with Crippen LogP contribution in [0.4, 0.5) is 5.82 Å². The zero-order chi connectivity index (χ0) is 13.6. The molecule has 0 bridgehead atoms. The number of carbonyl (C=O) groups excluding carboxylic acids is 1. The summed E-state index contributed by atoms with van der Waals surface area (Å²) in [5.74, 6) is -0.0354. The van der Waals surface area contributed by atoms with Crippen LogP contribution < -0.4 is 10.6 Å². The third-order valence-corrected chi connectivity index (χ3v) is 3.74. The summed E-state index contributed by atoms with van der Waals surface area (Å²) in [5, 5.41) is 10.4. The summed E-state index contributed by atoms with van der Waals surface area (Å²) in [4.78, 5) is 21.1. The second-order valence-electron chi connectivity index (χ2n) is 5.64. The molecule has 6 heteroatoms. The molecule has 2 heterocycles. The summed E-state index contributed by atoms with van der Waals surface area (Å²) < 4.78 is 0. The van der Waals surface area contributed by atoms with Gasteiger partial charge in [0.1, 0.15) is 11.5 Å². The first-order valence-corrected chi connectivity index (χ1v) is 5.82. The molecular formula is C12H18N4O2. The molecule has 0 aliphatic carbocycles. The van der Waals surface area contributed by atoms with Gasteiger partial charge in [0.15, 0.2) is 0 Å². The minimum absolute atomic E-state index is 0.136. The molecule has 1 aliphatic heterocycles. The number of anilines is 1. The van der Waals surface area contributed by atoms with E-state index < -0.39 is 11.5 Å². The Hall–Kier alpha value is -1.69. The number of amides is 1. The van der Waals surface area contributed by atoms with Crippen molar-refractivity contribution >= 4 is 11.7 Å². The highest BCUT2D eigenvalue weighted by atomic mass is 16.3. The summed E-state index contributed by atoms with van der Waals surface area (Å²) >= 11 is 0. The third-order valence-electron chi connectivity index (χ3n) is 3.74. The predicted octanol–water partition coefficient (Wildman–Crippen LogP) is 0.173. The number of rotatable bonds is 2. The Balaban J connectivity index is 2.30. The van der Waals surface area contributed by atoms with Crippen LogP contribution in [0.3, 0.4) is 0 Å². The van der Waals surface area contributed by atoms with Crippen LogP contribution in [0.1, 0.15) is 31.3 Å². The minimum Gasteiger partial charge on any atom is -0.388 e. The highest BCUT2D eigenvalue weighted by Crippen LogP contribution is 2.39. The molecule has 0 unspecified atom stereocenters. The normalized spacial score (nSPS) is 26.3. The quantitative estimate of drug-likeness (QED) is 0.780. The number of aromatic nitrogens is 2. The van der Waals surface area contributed by atoms with Gasteiger partial charge < -0.3 is 15.7 Å². The monoisotopic (exact) mass is 250 g/mol. The van der Waals surface area contributed by atoms with Crippen molar-refractivity contribution in [1.82, 2.24) is 9.97 Å². The summed E-state index contributed by atoms with van der Waals surface area (Å²) in [6.07, 6.45) is 2.91. The lowest BCUT2D eigenvalue weighted by atomic mass is 9.79. The van der Waals surface area contributed by atoms with E-state index >= 15 is 0 Å². The highest BCUT2D eigenvalue weighted by Gasteiger charge is 2.48. The molecule has 18 heavy (non-hydrogen) atoms. The fourth-order valence-electron chi connectivity index (χ4n) is 2.08. The topological polar surface area (TPSA) is 92.3 Å². The molecule has 1 saturated heterocycles. The number of nitrogens with zero attached hydrogens (tertiary/aromatic N) is 3. The van der Waals surface area contributed by atoms with Gasteiger partial charge in [0, 0.05) is 18.5 Å². The standard InChI is InChI=1S/C12H18N4O2/c1-11(2)6-16(7-12(11,3)18)9-5-14-4-8(15-9)10(13)17/h4-5,18H,6-7H2,1-3H3,(H2,13,17)/t12-/m0/s1. The highest BCUT2D eigenvalue weighted by molar-refractivity contribution is 5.90. The molecule has 1 aliphatic rings. The summed E-state index contributed by atoms with van der Waals surface area (Å²) in [5.41, 5.74) is 4.25. The van der Waals surface area contributed by atoms with E-state index in [0.717, 1.165) is 0 Å². The Morgan fingerprint density at radius 1 is 1.39 bits per heavy atom. The number of hydrogen-bond acceptors (Lipinski definition) is 5. The zero-order valence-corrected chi connectivity index (χ0v) is 10.8. The Labute approximate surface area is 106 Å². The molecule has 1 atom stereocenters. The maximum absolute atomic E-state index is 11.1. The van der Waals surface area contributed by atoms with Crippen molar-refractivity contribution in [3.05, 3.63) is 18.1 Å². The molecule has 1 aromatic heterocycles. The molecule has 1 fully saturated rings. The molecule has 3 N–H and O–H groups in total. The molecule has 98 valence electrons. The van der Waals surface area contributed by atoms with Crippen LogP contribution in [-0.4, -0.2) is 39.7 Å². The van der Waals surface area contributed by atoms with Crippen molar-refractivity contribution in [3.63, 3.8) is 0 Å². The van der Waals surface area contributed by atoms with E-state index in [0.29, 0.717) is 18.9 Å². The number of primary amides is 1. The predicted molar refractivity (Wildman–Crippen MR) is 67.2 cm³/mol. The first-order chi connectivity index (χ1) is 8.23. The molecule has 0 saturated carbocycles. The summed E-state index contributed by atoms with van der Waals surface area (Å²) in [7, 11) is 0. The SMILES string of the molecule is CC1(C)CN(c2cncc(C(N)=O)n2)C[C@]1(C)O. The van der Waals surface area contributed by atoms with E-state index in [1.165, 1.54) is 6.20 Å². The van der Waals surface area contributed by atoms with E-state index in [9.17, 15) is 9.90 Å². The minimum atomic E-state index is -0.808. The average Bonchev–Trinajstić information content (AvgIpc) is 2.48. The van der Waals surface area contributed by atoms with Crippen LogP contribution in [0, 0.1) is 5.41 Å². The molecule has 1 amide bonds. The molecule has 0 spiro atoms. The lowest BCUT2D eigenvalue weighted by Crippen LogP contribution is -2.40. The second-order valence-corrected chi connectivity index (χ2v) is 5.64. The van der Waals surface area contributed by atoms with E-state index in [2.05, 4.69) is 9.97 Å². The van der Waals surface area contributed by atoms with E-state index in [-0.39, 0.29) is 11.1 Å². The largest absolute Gasteiger partial charge is 0.388 e. The van der Waals surface area contributed by atoms with Crippen LogP contribution in [0.5, 0.6) is 0 Å². The number of nitrogens with two attached hydrogens (primary N) is 1. The van der Waals surface area contributed by atoms with Gasteiger partial charge in [-0.1, -0.05) is 13.8 Å². The van der Waals surface area contributed by atoms with Gasteiger partial charge in [-0.15, -0.1) is 0 Å².